The number of ether oxygens (including phenoxy) is 1. The summed E-state index contributed by atoms with van der Waals surface area (Å²) in [5, 5.41) is 10.5. The first kappa shape index (κ1) is 13.8. The lowest BCUT2D eigenvalue weighted by atomic mass is 10.1. The van der Waals surface area contributed by atoms with Crippen molar-refractivity contribution >= 4 is 23.3 Å². The zero-order valence-corrected chi connectivity index (χ0v) is 10.3. The molecule has 2 rings (SSSR count). The molecule has 0 aliphatic carbocycles. The number of Topliss-reactive ketones (excluding diaryl/α,β-unsaturated/α-hetero) is 1. The molecule has 1 aromatic carbocycles. The molecule has 1 heterocycles. The fourth-order valence-electron chi connectivity index (χ4n) is 1.70. The van der Waals surface area contributed by atoms with Gasteiger partial charge in [0.2, 0.25) is 0 Å². The minimum atomic E-state index is -0.580. The van der Waals surface area contributed by atoms with Gasteiger partial charge in [0.25, 0.3) is 17.5 Å². The monoisotopic (exact) mass is 278 g/mol. The van der Waals surface area contributed by atoms with Gasteiger partial charge < -0.3 is 4.74 Å². The van der Waals surface area contributed by atoms with E-state index in [-0.39, 0.29) is 24.5 Å². The van der Waals surface area contributed by atoms with Crippen LogP contribution >= 0.6 is 0 Å². The van der Waals surface area contributed by atoms with Crippen LogP contribution in [0.4, 0.5) is 5.69 Å². The number of morpholine rings is 1. The van der Waals surface area contributed by atoms with Crippen LogP contribution in [0.2, 0.25) is 0 Å². The molecule has 1 aromatic rings. The molecular formula is C12H10N2O6. The largest absolute Gasteiger partial charge is 0.362 e. The lowest BCUT2D eigenvalue weighted by Crippen LogP contribution is -2.48. The van der Waals surface area contributed by atoms with Crippen molar-refractivity contribution in [3.8, 4) is 0 Å². The molecule has 104 valence electrons. The number of benzene rings is 1. The van der Waals surface area contributed by atoms with Crippen LogP contribution in [-0.4, -0.2) is 47.2 Å². The van der Waals surface area contributed by atoms with Crippen LogP contribution in [0.5, 0.6) is 0 Å². The summed E-state index contributed by atoms with van der Waals surface area (Å²) < 4.78 is 4.73. The molecule has 0 aromatic heterocycles. The summed E-state index contributed by atoms with van der Waals surface area (Å²) in [6, 6.07) is 4.96. The first-order valence-corrected chi connectivity index (χ1v) is 5.67. The van der Waals surface area contributed by atoms with E-state index in [2.05, 4.69) is 0 Å². The van der Waals surface area contributed by atoms with Crippen LogP contribution in [0.25, 0.3) is 0 Å². The average Bonchev–Trinajstić information content (AvgIpc) is 2.43. The zero-order valence-electron chi connectivity index (χ0n) is 10.3. The van der Waals surface area contributed by atoms with Crippen molar-refractivity contribution in [3.05, 3.63) is 39.9 Å². The average molecular weight is 278 g/mol. The molecule has 0 atom stereocenters. The standard InChI is InChI=1S/C12H10N2O6/c15-10(5-13-11(16)6-20-7-12(13)17)8-1-3-9(4-2-8)14(18)19/h1-4H,5-7H2. The molecule has 2 amide bonds. The Balaban J connectivity index is 2.09. The van der Waals surface area contributed by atoms with E-state index in [1.165, 1.54) is 24.3 Å². The minimum absolute atomic E-state index is 0.139. The Morgan fingerprint density at radius 2 is 1.75 bits per heavy atom. The number of nitro benzene ring substituents is 1. The molecule has 8 nitrogen and oxygen atoms in total. The van der Waals surface area contributed by atoms with Crippen LogP contribution in [0.3, 0.4) is 0 Å². The Bertz CT molecular complexity index is 564. The van der Waals surface area contributed by atoms with Gasteiger partial charge in [0, 0.05) is 17.7 Å². The lowest BCUT2D eigenvalue weighted by molar-refractivity contribution is -0.384. The number of hydrogen-bond donors (Lipinski definition) is 0. The highest BCUT2D eigenvalue weighted by Crippen LogP contribution is 2.13. The van der Waals surface area contributed by atoms with Gasteiger partial charge in [0.15, 0.2) is 5.78 Å². The number of non-ortho nitro benzene ring substituents is 1. The summed E-state index contributed by atoms with van der Waals surface area (Å²) in [4.78, 5) is 45.6. The smallest absolute Gasteiger partial charge is 0.269 e. The molecule has 1 fully saturated rings. The number of rotatable bonds is 4. The summed E-state index contributed by atoms with van der Waals surface area (Å²) in [5.41, 5.74) is 0.0581. The van der Waals surface area contributed by atoms with Crippen LogP contribution < -0.4 is 0 Å². The molecule has 0 spiro atoms. The van der Waals surface area contributed by atoms with Crippen molar-refractivity contribution in [2.24, 2.45) is 0 Å². The van der Waals surface area contributed by atoms with Crippen LogP contribution in [0.1, 0.15) is 10.4 Å². The van der Waals surface area contributed by atoms with E-state index in [0.717, 1.165) is 4.90 Å². The number of nitro groups is 1. The van der Waals surface area contributed by atoms with E-state index < -0.39 is 29.1 Å². The minimum Gasteiger partial charge on any atom is -0.362 e. The van der Waals surface area contributed by atoms with Gasteiger partial charge in [0.05, 0.1) is 11.5 Å². The summed E-state index contributed by atoms with van der Waals surface area (Å²) in [7, 11) is 0. The number of carbonyl (C=O) groups excluding carboxylic acids is 3. The number of ketones is 1. The van der Waals surface area contributed by atoms with E-state index in [9.17, 15) is 24.5 Å². The third kappa shape index (κ3) is 2.86. The molecule has 0 saturated carbocycles. The third-order valence-electron chi connectivity index (χ3n) is 2.76. The quantitative estimate of drug-likeness (QED) is 0.336. The Kier molecular flexibility index (Phi) is 3.85. The predicted octanol–water partition coefficient (Wildman–Crippen LogP) is 0.163. The molecule has 0 bridgehead atoms. The SMILES string of the molecule is O=C(CN1C(=O)COCC1=O)c1ccc([N+](=O)[O-])cc1. The maximum Gasteiger partial charge on any atom is 0.269 e. The second-order valence-electron chi connectivity index (χ2n) is 4.09. The van der Waals surface area contributed by atoms with Gasteiger partial charge in [-0.2, -0.15) is 0 Å². The van der Waals surface area contributed by atoms with E-state index in [1.54, 1.807) is 0 Å². The molecular weight excluding hydrogens is 268 g/mol. The second kappa shape index (κ2) is 5.57. The third-order valence-corrected chi connectivity index (χ3v) is 2.76. The van der Waals surface area contributed by atoms with Gasteiger partial charge in [-0.3, -0.25) is 29.4 Å². The maximum atomic E-state index is 11.9. The van der Waals surface area contributed by atoms with Crippen LogP contribution in [0, 0.1) is 10.1 Å². The van der Waals surface area contributed by atoms with Gasteiger partial charge in [-0.1, -0.05) is 0 Å². The summed E-state index contributed by atoms with van der Waals surface area (Å²) >= 11 is 0. The van der Waals surface area contributed by atoms with Crippen LogP contribution in [-0.2, 0) is 14.3 Å². The number of nitrogens with zero attached hydrogens (tertiary/aromatic N) is 2. The van der Waals surface area contributed by atoms with Crippen molar-refractivity contribution in [2.45, 2.75) is 0 Å². The number of imide groups is 1. The molecule has 0 radical (unpaired) electrons. The van der Waals surface area contributed by atoms with E-state index >= 15 is 0 Å². The summed E-state index contributed by atoms with van der Waals surface area (Å²) in [6.07, 6.45) is 0. The second-order valence-corrected chi connectivity index (χ2v) is 4.09. The number of carbonyl (C=O) groups is 3. The van der Waals surface area contributed by atoms with Gasteiger partial charge in [-0.15, -0.1) is 0 Å². The Hall–Kier alpha value is -2.61. The first-order valence-electron chi connectivity index (χ1n) is 5.67. The Labute approximate surface area is 113 Å². The van der Waals surface area contributed by atoms with E-state index in [1.807, 2.05) is 0 Å². The topological polar surface area (TPSA) is 107 Å². The van der Waals surface area contributed by atoms with Crippen molar-refractivity contribution in [1.82, 2.24) is 4.90 Å². The number of hydrogen-bond acceptors (Lipinski definition) is 6. The molecule has 20 heavy (non-hydrogen) atoms. The molecule has 0 unspecified atom stereocenters. The zero-order chi connectivity index (χ0) is 14.7. The van der Waals surface area contributed by atoms with Gasteiger partial charge in [0.1, 0.15) is 13.2 Å². The van der Waals surface area contributed by atoms with Crippen LogP contribution in [0.15, 0.2) is 24.3 Å². The van der Waals surface area contributed by atoms with Crippen molar-refractivity contribution < 1.29 is 24.0 Å². The normalized spacial score (nSPS) is 15.3. The highest BCUT2D eigenvalue weighted by Gasteiger charge is 2.28. The highest BCUT2D eigenvalue weighted by molar-refractivity contribution is 6.05. The fraction of sp³-hybridized carbons (Fsp3) is 0.250. The Morgan fingerprint density at radius 1 is 1.20 bits per heavy atom. The van der Waals surface area contributed by atoms with Crippen molar-refractivity contribution in [1.29, 1.82) is 0 Å². The summed E-state index contributed by atoms with van der Waals surface area (Å²) in [5.74, 6) is -1.61. The fourth-order valence-corrected chi connectivity index (χ4v) is 1.70. The molecule has 0 N–H and O–H groups in total. The van der Waals surface area contributed by atoms with Gasteiger partial charge in [-0.05, 0) is 12.1 Å². The molecule has 1 saturated heterocycles. The molecule has 1 aliphatic heterocycles. The van der Waals surface area contributed by atoms with E-state index in [4.69, 9.17) is 4.74 Å². The lowest BCUT2D eigenvalue weighted by Gasteiger charge is -2.24. The van der Waals surface area contributed by atoms with Gasteiger partial charge >= 0.3 is 0 Å². The summed E-state index contributed by atoms with van der Waals surface area (Å²) in [6.45, 7) is -0.864. The maximum absolute atomic E-state index is 11.9. The predicted molar refractivity (Wildman–Crippen MR) is 65.0 cm³/mol. The highest BCUT2D eigenvalue weighted by atomic mass is 16.6. The molecule has 8 heteroatoms. The van der Waals surface area contributed by atoms with E-state index in [0.29, 0.717) is 0 Å². The molecule has 1 aliphatic rings. The first-order chi connectivity index (χ1) is 9.49. The van der Waals surface area contributed by atoms with Crippen molar-refractivity contribution in [2.75, 3.05) is 19.8 Å². The van der Waals surface area contributed by atoms with Gasteiger partial charge in [-0.25, -0.2) is 0 Å². The van der Waals surface area contributed by atoms with Crippen molar-refractivity contribution in [3.63, 3.8) is 0 Å². The Morgan fingerprint density at radius 3 is 2.25 bits per heavy atom. The number of amides is 2.